The average Bonchev–Trinajstić information content (AvgIpc) is 2.26. The van der Waals surface area contributed by atoms with Crippen molar-refractivity contribution in [3.8, 4) is 5.75 Å². The number of ether oxygens (including phenoxy) is 1. The molecule has 1 amide bonds. The molecule has 0 aliphatic carbocycles. The van der Waals surface area contributed by atoms with Crippen LogP contribution in [0.4, 0.5) is 4.79 Å². The van der Waals surface area contributed by atoms with E-state index in [9.17, 15) is 14.7 Å². The van der Waals surface area contributed by atoms with Crippen molar-refractivity contribution in [3.05, 3.63) is 29.8 Å². The molecule has 0 bridgehead atoms. The summed E-state index contributed by atoms with van der Waals surface area (Å²) >= 11 is 0. The first kappa shape index (κ1) is 15.0. The zero-order chi connectivity index (χ0) is 14.5. The standard InChI is InChI=1S/C14H19NO4/c1-14(2,3)19-13(18)15-12(7-8-16)10-5-4-6-11(17)9-10/h4-6,8-9,12,17H,7H2,1-3H3,(H,15,18). The van der Waals surface area contributed by atoms with Crippen molar-refractivity contribution in [2.24, 2.45) is 0 Å². The Morgan fingerprint density at radius 3 is 2.68 bits per heavy atom. The van der Waals surface area contributed by atoms with Crippen LogP contribution in [0.5, 0.6) is 5.75 Å². The van der Waals surface area contributed by atoms with E-state index in [1.54, 1.807) is 32.9 Å². The fourth-order valence-electron chi connectivity index (χ4n) is 1.57. The monoisotopic (exact) mass is 265 g/mol. The number of hydrogen-bond donors (Lipinski definition) is 2. The summed E-state index contributed by atoms with van der Waals surface area (Å²) in [4.78, 5) is 22.4. The highest BCUT2D eigenvalue weighted by molar-refractivity contribution is 5.69. The predicted octanol–water partition coefficient (Wildman–Crippen LogP) is 2.55. The predicted molar refractivity (Wildman–Crippen MR) is 70.9 cm³/mol. The number of hydrogen-bond acceptors (Lipinski definition) is 4. The van der Waals surface area contributed by atoms with Gasteiger partial charge in [-0.3, -0.25) is 0 Å². The van der Waals surface area contributed by atoms with Gasteiger partial charge in [-0.25, -0.2) is 4.79 Å². The zero-order valence-electron chi connectivity index (χ0n) is 11.3. The zero-order valence-corrected chi connectivity index (χ0v) is 11.3. The Balaban J connectivity index is 2.78. The van der Waals surface area contributed by atoms with Gasteiger partial charge in [-0.05, 0) is 38.5 Å². The lowest BCUT2D eigenvalue weighted by Gasteiger charge is -2.23. The normalized spacial score (nSPS) is 12.6. The van der Waals surface area contributed by atoms with Gasteiger partial charge in [0, 0.05) is 6.42 Å². The van der Waals surface area contributed by atoms with E-state index in [-0.39, 0.29) is 12.2 Å². The maximum absolute atomic E-state index is 11.7. The van der Waals surface area contributed by atoms with Crippen LogP contribution in [-0.4, -0.2) is 23.1 Å². The molecule has 104 valence electrons. The molecule has 0 heterocycles. The van der Waals surface area contributed by atoms with Gasteiger partial charge in [0.1, 0.15) is 17.6 Å². The summed E-state index contributed by atoms with van der Waals surface area (Å²) in [6.07, 6.45) is 0.233. The van der Waals surface area contributed by atoms with Crippen LogP contribution in [0, 0.1) is 0 Å². The summed E-state index contributed by atoms with van der Waals surface area (Å²) in [5.41, 5.74) is 0.0483. The molecule has 0 aliphatic heterocycles. The Morgan fingerprint density at radius 1 is 1.47 bits per heavy atom. The lowest BCUT2D eigenvalue weighted by molar-refractivity contribution is -0.108. The lowest BCUT2D eigenvalue weighted by atomic mass is 10.0. The van der Waals surface area contributed by atoms with Gasteiger partial charge in [0.05, 0.1) is 6.04 Å². The van der Waals surface area contributed by atoms with E-state index in [0.29, 0.717) is 11.8 Å². The van der Waals surface area contributed by atoms with E-state index in [0.717, 1.165) is 0 Å². The maximum Gasteiger partial charge on any atom is 0.408 e. The minimum absolute atomic E-state index is 0.0828. The largest absolute Gasteiger partial charge is 0.508 e. The Morgan fingerprint density at radius 2 is 2.16 bits per heavy atom. The van der Waals surface area contributed by atoms with Crippen molar-refractivity contribution in [3.63, 3.8) is 0 Å². The molecule has 0 spiro atoms. The second-order valence-corrected chi connectivity index (χ2v) is 5.20. The minimum Gasteiger partial charge on any atom is -0.508 e. The number of rotatable bonds is 4. The van der Waals surface area contributed by atoms with Crippen LogP contribution in [0.1, 0.15) is 38.8 Å². The van der Waals surface area contributed by atoms with E-state index in [4.69, 9.17) is 4.74 Å². The van der Waals surface area contributed by atoms with Gasteiger partial charge in [0.15, 0.2) is 0 Å². The number of phenols is 1. The summed E-state index contributed by atoms with van der Waals surface area (Å²) in [5, 5.41) is 12.0. The lowest BCUT2D eigenvalue weighted by Crippen LogP contribution is -2.35. The fraction of sp³-hybridized carbons (Fsp3) is 0.429. The average molecular weight is 265 g/mol. The van der Waals surface area contributed by atoms with E-state index < -0.39 is 17.7 Å². The molecule has 19 heavy (non-hydrogen) atoms. The van der Waals surface area contributed by atoms with Gasteiger partial charge in [-0.1, -0.05) is 12.1 Å². The highest BCUT2D eigenvalue weighted by Gasteiger charge is 2.20. The quantitative estimate of drug-likeness (QED) is 0.820. The molecule has 1 aromatic rings. The third-order valence-electron chi connectivity index (χ3n) is 2.30. The summed E-state index contributed by atoms with van der Waals surface area (Å²) in [5.74, 6) is 0.0828. The highest BCUT2D eigenvalue weighted by Crippen LogP contribution is 2.21. The summed E-state index contributed by atoms with van der Waals surface area (Å²) < 4.78 is 5.14. The fourth-order valence-corrected chi connectivity index (χ4v) is 1.57. The van der Waals surface area contributed by atoms with Gasteiger partial charge in [-0.2, -0.15) is 0 Å². The van der Waals surface area contributed by atoms with Crippen LogP contribution >= 0.6 is 0 Å². The van der Waals surface area contributed by atoms with Crippen molar-refractivity contribution in [2.45, 2.75) is 38.8 Å². The minimum atomic E-state index is -0.603. The highest BCUT2D eigenvalue weighted by atomic mass is 16.6. The number of amides is 1. The Labute approximate surface area is 112 Å². The van der Waals surface area contributed by atoms with Crippen molar-refractivity contribution < 1.29 is 19.4 Å². The molecule has 1 rings (SSSR count). The Kier molecular flexibility index (Phi) is 4.92. The van der Waals surface area contributed by atoms with E-state index >= 15 is 0 Å². The molecule has 0 aliphatic rings. The molecule has 1 unspecified atom stereocenters. The van der Waals surface area contributed by atoms with E-state index in [1.807, 2.05) is 0 Å². The summed E-state index contributed by atoms with van der Waals surface area (Å²) in [6, 6.07) is 5.89. The van der Waals surface area contributed by atoms with E-state index in [2.05, 4.69) is 5.32 Å². The first-order valence-electron chi connectivity index (χ1n) is 6.04. The van der Waals surface area contributed by atoms with E-state index in [1.165, 1.54) is 12.1 Å². The van der Waals surface area contributed by atoms with Crippen molar-refractivity contribution in [1.82, 2.24) is 5.32 Å². The SMILES string of the molecule is CC(C)(C)OC(=O)NC(CC=O)c1cccc(O)c1. The molecule has 1 atom stereocenters. The van der Waals surface area contributed by atoms with Gasteiger partial charge >= 0.3 is 6.09 Å². The van der Waals surface area contributed by atoms with Crippen LogP contribution in [0.3, 0.4) is 0 Å². The van der Waals surface area contributed by atoms with Crippen molar-refractivity contribution in [2.75, 3.05) is 0 Å². The number of nitrogens with one attached hydrogen (secondary N) is 1. The number of benzene rings is 1. The molecule has 0 saturated carbocycles. The van der Waals surface area contributed by atoms with Gasteiger partial charge in [-0.15, -0.1) is 0 Å². The molecular weight excluding hydrogens is 246 g/mol. The molecule has 2 N–H and O–H groups in total. The first-order chi connectivity index (χ1) is 8.81. The number of carbonyl (C=O) groups excluding carboxylic acids is 2. The van der Waals surface area contributed by atoms with Crippen LogP contribution in [0.25, 0.3) is 0 Å². The van der Waals surface area contributed by atoms with Gasteiger partial charge in [0.2, 0.25) is 0 Å². The Bertz CT molecular complexity index is 451. The van der Waals surface area contributed by atoms with Crippen molar-refractivity contribution in [1.29, 1.82) is 0 Å². The summed E-state index contributed by atoms with van der Waals surface area (Å²) in [7, 11) is 0. The molecule has 5 nitrogen and oxygen atoms in total. The number of carbonyl (C=O) groups is 2. The summed E-state index contributed by atoms with van der Waals surface area (Å²) in [6.45, 7) is 5.28. The third kappa shape index (κ3) is 5.42. The van der Waals surface area contributed by atoms with Crippen LogP contribution < -0.4 is 5.32 Å². The molecule has 0 saturated heterocycles. The molecule has 1 aromatic carbocycles. The van der Waals surface area contributed by atoms with Crippen molar-refractivity contribution >= 4 is 12.4 Å². The number of aldehydes is 1. The third-order valence-corrected chi connectivity index (χ3v) is 2.30. The number of alkyl carbamates (subject to hydrolysis) is 1. The molecular formula is C14H19NO4. The second-order valence-electron chi connectivity index (χ2n) is 5.20. The van der Waals surface area contributed by atoms with Crippen LogP contribution in [-0.2, 0) is 9.53 Å². The first-order valence-corrected chi connectivity index (χ1v) is 6.04. The van der Waals surface area contributed by atoms with Gasteiger partial charge < -0.3 is 20.0 Å². The van der Waals surface area contributed by atoms with Crippen LogP contribution in [0.2, 0.25) is 0 Å². The smallest absolute Gasteiger partial charge is 0.408 e. The molecule has 0 aromatic heterocycles. The second kappa shape index (κ2) is 6.22. The number of aromatic hydroxyl groups is 1. The topological polar surface area (TPSA) is 75.6 Å². The maximum atomic E-state index is 11.7. The van der Waals surface area contributed by atoms with Gasteiger partial charge in [0.25, 0.3) is 0 Å². The molecule has 0 radical (unpaired) electrons. The molecule has 0 fully saturated rings. The number of phenolic OH excluding ortho intramolecular Hbond substituents is 1. The molecule has 5 heteroatoms. The Hall–Kier alpha value is -2.04. The van der Waals surface area contributed by atoms with Crippen LogP contribution in [0.15, 0.2) is 24.3 Å².